The number of likely N-dealkylation sites (N-methyl/N-ethyl adjacent to an activating group) is 1. The van der Waals surface area contributed by atoms with E-state index in [1.165, 1.54) is 12.1 Å². The van der Waals surface area contributed by atoms with Crippen LogP contribution in [0.15, 0.2) is 52.8 Å². The summed E-state index contributed by atoms with van der Waals surface area (Å²) in [6, 6.07) is 5.97. The second-order valence-corrected chi connectivity index (χ2v) is 6.45. The Balaban J connectivity index is 2.22. The average Bonchev–Trinajstić information content (AvgIpc) is 2.51. The molecule has 1 aromatic carbocycles. The van der Waals surface area contributed by atoms with Crippen molar-refractivity contribution in [1.82, 2.24) is 10.2 Å². The van der Waals surface area contributed by atoms with E-state index in [1.807, 2.05) is 20.9 Å². The van der Waals surface area contributed by atoms with Gasteiger partial charge in [0.15, 0.2) is 0 Å². The van der Waals surface area contributed by atoms with Crippen LogP contribution in [0.25, 0.3) is 0 Å². The van der Waals surface area contributed by atoms with Crippen LogP contribution in [-0.4, -0.2) is 29.2 Å². The second kappa shape index (κ2) is 6.57. The van der Waals surface area contributed by atoms with Crippen molar-refractivity contribution >= 4 is 11.7 Å². The van der Waals surface area contributed by atoms with Crippen molar-refractivity contribution in [1.29, 1.82) is 0 Å². The maximum Gasteiger partial charge on any atom is 0.270 e. The zero-order chi connectivity index (χ0) is 18.1. The largest absolute Gasteiger partial charge is 0.347 e. The van der Waals surface area contributed by atoms with Gasteiger partial charge in [-0.3, -0.25) is 4.79 Å². The Morgan fingerprint density at radius 3 is 2.50 bits per heavy atom. The van der Waals surface area contributed by atoms with E-state index >= 15 is 0 Å². The second-order valence-electron chi connectivity index (χ2n) is 6.45. The molecule has 0 aliphatic carbocycles. The number of nitrogens with two attached hydrogens (primary N) is 1. The number of nitrogens with one attached hydrogen (secondary N) is 1. The first kappa shape index (κ1) is 17.9. The number of halogens is 1. The highest BCUT2D eigenvalue weighted by Gasteiger charge is 2.31. The van der Waals surface area contributed by atoms with Crippen LogP contribution in [0.2, 0.25) is 0 Å². The van der Waals surface area contributed by atoms with Gasteiger partial charge in [-0.15, -0.1) is 0 Å². The van der Waals surface area contributed by atoms with Crippen LogP contribution in [0.3, 0.4) is 0 Å². The van der Waals surface area contributed by atoms with Crippen LogP contribution in [0.1, 0.15) is 26.3 Å². The van der Waals surface area contributed by atoms with Crippen molar-refractivity contribution in [3.8, 4) is 0 Å². The summed E-state index contributed by atoms with van der Waals surface area (Å²) >= 11 is 0. The monoisotopic (exact) mass is 330 g/mol. The number of carbonyl (C=O) groups is 1. The van der Waals surface area contributed by atoms with E-state index in [4.69, 9.17) is 5.73 Å². The molecule has 5 nitrogen and oxygen atoms in total. The number of allylic oxidation sites excluding steroid dienone is 1. The Hall–Kier alpha value is -2.47. The molecule has 2 rings (SSSR count). The molecule has 0 fully saturated rings. The van der Waals surface area contributed by atoms with E-state index in [-0.39, 0.29) is 18.3 Å². The number of amidine groups is 1. The number of amides is 1. The number of benzene rings is 1. The Morgan fingerprint density at radius 1 is 1.38 bits per heavy atom. The van der Waals surface area contributed by atoms with E-state index in [1.54, 1.807) is 24.0 Å². The highest BCUT2D eigenvalue weighted by molar-refractivity contribution is 6.02. The number of hydrogen-bond acceptors (Lipinski definition) is 4. The molecule has 6 heteroatoms. The van der Waals surface area contributed by atoms with Crippen molar-refractivity contribution < 1.29 is 9.18 Å². The number of aliphatic imine (C=N–C) groups is 1. The van der Waals surface area contributed by atoms with Gasteiger partial charge in [0.25, 0.3) is 5.91 Å². The molecule has 0 atom stereocenters. The molecule has 1 aromatic rings. The summed E-state index contributed by atoms with van der Waals surface area (Å²) in [4.78, 5) is 18.8. The molecule has 24 heavy (non-hydrogen) atoms. The fraction of sp³-hybridized carbons (Fsp3) is 0.333. The van der Waals surface area contributed by atoms with Crippen LogP contribution in [0.5, 0.6) is 0 Å². The summed E-state index contributed by atoms with van der Waals surface area (Å²) in [5.74, 6) is -0.0486. The molecule has 0 radical (unpaired) electrons. The summed E-state index contributed by atoms with van der Waals surface area (Å²) in [6.45, 7) is 9.75. The summed E-state index contributed by atoms with van der Waals surface area (Å²) in [5.41, 5.74) is 7.92. The molecule has 0 aromatic heterocycles. The molecule has 1 amide bonds. The molecule has 0 spiro atoms. The van der Waals surface area contributed by atoms with Crippen molar-refractivity contribution in [2.24, 2.45) is 10.7 Å². The average molecular weight is 330 g/mol. The molecular formula is C18H23FN4O. The predicted molar refractivity (Wildman–Crippen MR) is 93.6 cm³/mol. The third-order valence-electron chi connectivity index (χ3n) is 3.89. The normalized spacial score (nSPS) is 15.5. The predicted octanol–water partition coefficient (Wildman–Crippen LogP) is 2.31. The maximum atomic E-state index is 12.9. The van der Waals surface area contributed by atoms with Gasteiger partial charge in [-0.05, 0) is 38.5 Å². The lowest BCUT2D eigenvalue weighted by molar-refractivity contribution is -0.117. The van der Waals surface area contributed by atoms with Crippen LogP contribution in [0.4, 0.5) is 4.39 Å². The van der Waals surface area contributed by atoms with Crippen LogP contribution >= 0.6 is 0 Å². The Bertz CT molecular complexity index is 726. The van der Waals surface area contributed by atoms with E-state index < -0.39 is 5.54 Å². The van der Waals surface area contributed by atoms with E-state index in [9.17, 15) is 9.18 Å². The SMILES string of the molecule is C=C1C(C)=C(C(=O)NCc2ccc(F)cc2)N=C(C(C)(C)N)N1C. The molecule has 3 N–H and O–H groups in total. The lowest BCUT2D eigenvalue weighted by Gasteiger charge is -2.35. The Kier molecular flexibility index (Phi) is 4.89. The van der Waals surface area contributed by atoms with Gasteiger partial charge in [0.05, 0.1) is 5.54 Å². The molecule has 0 saturated heterocycles. The van der Waals surface area contributed by atoms with Gasteiger partial charge in [-0.2, -0.15) is 0 Å². The summed E-state index contributed by atoms with van der Waals surface area (Å²) < 4.78 is 12.9. The third kappa shape index (κ3) is 3.71. The minimum atomic E-state index is -0.707. The summed E-state index contributed by atoms with van der Waals surface area (Å²) in [7, 11) is 1.83. The van der Waals surface area contributed by atoms with Crippen LogP contribution < -0.4 is 11.1 Å². The highest BCUT2D eigenvalue weighted by atomic mass is 19.1. The first-order valence-electron chi connectivity index (χ1n) is 7.66. The molecule has 1 aliphatic heterocycles. The molecular weight excluding hydrogens is 307 g/mol. The number of hydrogen-bond donors (Lipinski definition) is 2. The fourth-order valence-electron chi connectivity index (χ4n) is 2.45. The van der Waals surface area contributed by atoms with Gasteiger partial charge in [0.1, 0.15) is 17.3 Å². The molecule has 1 heterocycles. The standard InChI is InChI=1S/C18H23FN4O/c1-11-12(2)23(5)17(18(3,4)20)22-15(11)16(24)21-10-13-6-8-14(19)9-7-13/h6-9H,2,10,20H2,1,3-5H3,(H,21,24). The first-order valence-corrected chi connectivity index (χ1v) is 7.66. The smallest absolute Gasteiger partial charge is 0.270 e. The zero-order valence-electron chi connectivity index (χ0n) is 14.5. The quantitative estimate of drug-likeness (QED) is 0.890. The van der Waals surface area contributed by atoms with Gasteiger partial charge < -0.3 is 16.0 Å². The zero-order valence-corrected chi connectivity index (χ0v) is 14.5. The fourth-order valence-corrected chi connectivity index (χ4v) is 2.45. The van der Waals surface area contributed by atoms with Gasteiger partial charge in [-0.1, -0.05) is 18.7 Å². The minimum Gasteiger partial charge on any atom is -0.347 e. The Morgan fingerprint density at radius 2 is 1.96 bits per heavy atom. The summed E-state index contributed by atoms with van der Waals surface area (Å²) in [6.07, 6.45) is 0. The van der Waals surface area contributed by atoms with Gasteiger partial charge in [-0.25, -0.2) is 9.38 Å². The summed E-state index contributed by atoms with van der Waals surface area (Å²) in [5, 5.41) is 2.80. The number of rotatable bonds is 4. The molecule has 0 saturated carbocycles. The molecule has 0 unspecified atom stereocenters. The first-order chi connectivity index (χ1) is 11.1. The van der Waals surface area contributed by atoms with Gasteiger partial charge >= 0.3 is 0 Å². The van der Waals surface area contributed by atoms with Crippen molar-refractivity contribution in [2.75, 3.05) is 7.05 Å². The number of carbonyl (C=O) groups excluding carboxylic acids is 1. The third-order valence-corrected chi connectivity index (χ3v) is 3.89. The van der Waals surface area contributed by atoms with Crippen molar-refractivity contribution in [2.45, 2.75) is 32.9 Å². The number of nitrogens with zero attached hydrogens (tertiary/aromatic N) is 2. The van der Waals surface area contributed by atoms with Crippen LogP contribution in [-0.2, 0) is 11.3 Å². The topological polar surface area (TPSA) is 70.7 Å². The minimum absolute atomic E-state index is 0.287. The van der Waals surface area contributed by atoms with Gasteiger partial charge in [0, 0.05) is 24.9 Å². The van der Waals surface area contributed by atoms with Gasteiger partial charge in [0.2, 0.25) is 0 Å². The highest BCUT2D eigenvalue weighted by Crippen LogP contribution is 2.26. The van der Waals surface area contributed by atoms with Crippen molar-refractivity contribution in [3.63, 3.8) is 0 Å². The lowest BCUT2D eigenvalue weighted by atomic mass is 10.00. The van der Waals surface area contributed by atoms with E-state index in [0.717, 1.165) is 5.56 Å². The lowest BCUT2D eigenvalue weighted by Crippen LogP contribution is -2.51. The van der Waals surface area contributed by atoms with E-state index in [0.29, 0.717) is 22.8 Å². The van der Waals surface area contributed by atoms with E-state index in [2.05, 4.69) is 16.9 Å². The Labute approximate surface area is 141 Å². The molecule has 128 valence electrons. The molecule has 0 bridgehead atoms. The van der Waals surface area contributed by atoms with Crippen LogP contribution in [0, 0.1) is 5.82 Å². The molecule has 1 aliphatic rings. The maximum absolute atomic E-state index is 12.9. The van der Waals surface area contributed by atoms with Crippen molar-refractivity contribution in [3.05, 3.63) is 59.2 Å².